The van der Waals surface area contributed by atoms with E-state index in [4.69, 9.17) is 9.15 Å². The fourth-order valence-corrected chi connectivity index (χ4v) is 3.87. The van der Waals surface area contributed by atoms with Crippen molar-refractivity contribution in [3.8, 4) is 5.75 Å². The molecule has 9 heteroatoms. The molecule has 0 bridgehead atoms. The van der Waals surface area contributed by atoms with Crippen LogP contribution >= 0.6 is 0 Å². The van der Waals surface area contributed by atoms with E-state index >= 15 is 0 Å². The zero-order valence-electron chi connectivity index (χ0n) is 18.7. The van der Waals surface area contributed by atoms with Gasteiger partial charge >= 0.3 is 0 Å². The number of nitrogens with one attached hydrogen (secondary N) is 1. The third kappa shape index (κ3) is 3.82. The number of benzene rings is 3. The van der Waals surface area contributed by atoms with Gasteiger partial charge in [0.15, 0.2) is 11.5 Å². The molecular weight excluding hydrogens is 453 g/mol. The summed E-state index contributed by atoms with van der Waals surface area (Å²) in [5.74, 6) is -1.46. The molecule has 0 saturated heterocycles. The number of carbonyl (C=O) groups excluding carboxylic acids is 2. The van der Waals surface area contributed by atoms with E-state index < -0.39 is 28.6 Å². The van der Waals surface area contributed by atoms with Crippen molar-refractivity contribution >= 4 is 39.2 Å². The van der Waals surface area contributed by atoms with Crippen molar-refractivity contribution in [3.05, 3.63) is 99.8 Å². The fraction of sp³-hybridized carbons (Fsp3) is 0.0769. The van der Waals surface area contributed by atoms with Gasteiger partial charge in [0, 0.05) is 18.0 Å². The minimum absolute atomic E-state index is 0.0132. The summed E-state index contributed by atoms with van der Waals surface area (Å²) in [5, 5.41) is 7.19. The molecule has 8 nitrogen and oxygen atoms in total. The maximum atomic E-state index is 13.8. The lowest BCUT2D eigenvalue weighted by molar-refractivity contribution is 0.101. The molecule has 0 radical (unpaired) electrons. The van der Waals surface area contributed by atoms with Crippen molar-refractivity contribution in [2.75, 3.05) is 12.4 Å². The highest BCUT2D eigenvalue weighted by Gasteiger charge is 2.26. The maximum absolute atomic E-state index is 13.8. The number of halogens is 1. The molecule has 0 aliphatic carbocycles. The fourth-order valence-electron chi connectivity index (χ4n) is 3.87. The summed E-state index contributed by atoms with van der Waals surface area (Å²) in [6.07, 6.45) is 0. The van der Waals surface area contributed by atoms with Crippen LogP contribution in [-0.4, -0.2) is 28.6 Å². The first-order valence-corrected chi connectivity index (χ1v) is 10.6. The first-order valence-electron chi connectivity index (χ1n) is 10.6. The minimum atomic E-state index is -0.855. The Labute approximate surface area is 197 Å². The number of rotatable bonds is 5. The molecule has 2 aromatic heterocycles. The van der Waals surface area contributed by atoms with Crippen LogP contribution < -0.4 is 15.5 Å². The Hall–Kier alpha value is -4.79. The van der Waals surface area contributed by atoms with E-state index in [1.165, 1.54) is 23.9 Å². The topological polar surface area (TPSA) is 103 Å². The lowest BCUT2D eigenvalue weighted by Gasteiger charge is -2.09. The van der Waals surface area contributed by atoms with Gasteiger partial charge in [0.05, 0.1) is 23.7 Å². The number of aromatic nitrogens is 2. The van der Waals surface area contributed by atoms with Gasteiger partial charge in [-0.05, 0) is 54.6 Å². The number of fused-ring (bicyclic) bond motifs is 2. The Kier molecular flexibility index (Phi) is 5.37. The number of hydrogen-bond donors (Lipinski definition) is 1. The third-order valence-electron chi connectivity index (χ3n) is 5.62. The molecule has 35 heavy (non-hydrogen) atoms. The van der Waals surface area contributed by atoms with Gasteiger partial charge in [-0.1, -0.05) is 12.1 Å². The van der Waals surface area contributed by atoms with E-state index in [0.29, 0.717) is 27.8 Å². The van der Waals surface area contributed by atoms with Gasteiger partial charge in [0.1, 0.15) is 17.1 Å². The molecule has 5 aromatic rings. The van der Waals surface area contributed by atoms with Crippen molar-refractivity contribution in [3.63, 3.8) is 0 Å². The normalized spacial score (nSPS) is 11.1. The Bertz CT molecular complexity index is 1690. The second kappa shape index (κ2) is 8.53. The summed E-state index contributed by atoms with van der Waals surface area (Å²) < 4.78 is 26.0. The maximum Gasteiger partial charge on any atom is 0.280 e. The number of nitrogens with zero attached hydrogens (tertiary/aromatic N) is 2. The van der Waals surface area contributed by atoms with Crippen molar-refractivity contribution in [2.45, 2.75) is 0 Å². The Morgan fingerprint density at radius 2 is 1.77 bits per heavy atom. The zero-order chi connectivity index (χ0) is 24.7. The van der Waals surface area contributed by atoms with Gasteiger partial charge in [-0.15, -0.1) is 0 Å². The number of aryl methyl sites for hydroxylation is 1. The first-order chi connectivity index (χ1) is 16.9. The van der Waals surface area contributed by atoms with Gasteiger partial charge in [-0.3, -0.25) is 19.1 Å². The van der Waals surface area contributed by atoms with Crippen molar-refractivity contribution in [1.29, 1.82) is 0 Å². The lowest BCUT2D eigenvalue weighted by Crippen LogP contribution is -2.27. The Balaban J connectivity index is 1.60. The van der Waals surface area contributed by atoms with Crippen LogP contribution in [0.5, 0.6) is 5.75 Å². The monoisotopic (exact) mass is 471 g/mol. The van der Waals surface area contributed by atoms with Crippen molar-refractivity contribution in [1.82, 2.24) is 9.78 Å². The highest BCUT2D eigenvalue weighted by atomic mass is 19.1. The second-order valence-corrected chi connectivity index (χ2v) is 7.78. The number of carbonyl (C=O) groups is 2. The summed E-state index contributed by atoms with van der Waals surface area (Å²) in [6, 6.07) is 16.9. The number of methoxy groups -OCH3 is 1. The molecule has 2 heterocycles. The van der Waals surface area contributed by atoms with Gasteiger partial charge in [-0.2, -0.15) is 5.10 Å². The van der Waals surface area contributed by atoms with Crippen LogP contribution in [0, 0.1) is 5.82 Å². The number of ketones is 1. The SMILES string of the molecule is COc1ccc(C(=O)c2oc3ccccc3c2NC(=O)c2nn(C)c3ccc(F)cc3c2=O)cc1. The minimum Gasteiger partial charge on any atom is -0.497 e. The van der Waals surface area contributed by atoms with E-state index in [0.717, 1.165) is 6.07 Å². The Morgan fingerprint density at radius 1 is 1.03 bits per heavy atom. The number of furan rings is 1. The molecule has 0 fully saturated rings. The molecule has 3 aromatic carbocycles. The standard InChI is InChI=1S/C26H18FN3O5/c1-30-19-12-9-15(27)13-18(19)24(32)22(29-30)26(33)28-21-17-5-3-4-6-20(17)35-25(21)23(31)14-7-10-16(34-2)11-8-14/h3-13H,1-2H3,(H,28,33). The first kappa shape index (κ1) is 22.0. The van der Waals surface area contributed by atoms with Crippen LogP contribution in [0.1, 0.15) is 26.6 Å². The quantitative estimate of drug-likeness (QED) is 0.383. The van der Waals surface area contributed by atoms with Crippen molar-refractivity contribution < 1.29 is 23.1 Å². The van der Waals surface area contributed by atoms with E-state index in [1.807, 2.05) is 0 Å². The summed E-state index contributed by atoms with van der Waals surface area (Å²) >= 11 is 0. The van der Waals surface area contributed by atoms with Crippen LogP contribution in [0.2, 0.25) is 0 Å². The van der Waals surface area contributed by atoms with Crippen molar-refractivity contribution in [2.24, 2.45) is 7.05 Å². The third-order valence-corrected chi connectivity index (χ3v) is 5.62. The summed E-state index contributed by atoms with van der Waals surface area (Å²) in [6.45, 7) is 0. The molecule has 0 saturated carbocycles. The molecule has 0 spiro atoms. The van der Waals surface area contributed by atoms with Crippen LogP contribution in [-0.2, 0) is 7.05 Å². The van der Waals surface area contributed by atoms with Gasteiger partial charge in [-0.25, -0.2) is 4.39 Å². The molecule has 174 valence electrons. The van der Waals surface area contributed by atoms with E-state index in [2.05, 4.69) is 10.4 Å². The van der Waals surface area contributed by atoms with E-state index in [1.54, 1.807) is 55.6 Å². The van der Waals surface area contributed by atoms with E-state index in [9.17, 15) is 18.8 Å². The van der Waals surface area contributed by atoms with Crippen LogP contribution in [0.15, 0.2) is 75.9 Å². The van der Waals surface area contributed by atoms with Crippen LogP contribution in [0.3, 0.4) is 0 Å². The molecule has 0 aliphatic rings. The number of amides is 1. The van der Waals surface area contributed by atoms with Crippen LogP contribution in [0.4, 0.5) is 10.1 Å². The number of anilines is 1. The second-order valence-electron chi connectivity index (χ2n) is 7.78. The van der Waals surface area contributed by atoms with Gasteiger partial charge in [0.2, 0.25) is 11.2 Å². The highest BCUT2D eigenvalue weighted by molar-refractivity contribution is 6.18. The molecule has 0 atom stereocenters. The number of hydrogen-bond acceptors (Lipinski definition) is 6. The molecule has 1 amide bonds. The summed E-state index contributed by atoms with van der Waals surface area (Å²) in [7, 11) is 3.06. The molecule has 5 rings (SSSR count). The van der Waals surface area contributed by atoms with E-state index in [-0.39, 0.29) is 16.8 Å². The predicted molar refractivity (Wildman–Crippen MR) is 128 cm³/mol. The Morgan fingerprint density at radius 3 is 2.51 bits per heavy atom. The van der Waals surface area contributed by atoms with Gasteiger partial charge < -0.3 is 14.5 Å². The number of para-hydroxylation sites is 1. The highest BCUT2D eigenvalue weighted by Crippen LogP contribution is 2.33. The lowest BCUT2D eigenvalue weighted by atomic mass is 10.1. The summed E-state index contributed by atoms with van der Waals surface area (Å²) in [5.41, 5.74) is -0.00645. The average molecular weight is 471 g/mol. The average Bonchev–Trinajstić information content (AvgIpc) is 3.24. The molecule has 1 N–H and O–H groups in total. The van der Waals surface area contributed by atoms with Gasteiger partial charge in [0.25, 0.3) is 5.91 Å². The smallest absolute Gasteiger partial charge is 0.280 e. The molecule has 0 unspecified atom stereocenters. The molecular formula is C26H18FN3O5. The zero-order valence-corrected chi connectivity index (χ0v) is 18.7. The van der Waals surface area contributed by atoms with Crippen LogP contribution in [0.25, 0.3) is 21.9 Å². The number of ether oxygens (including phenoxy) is 1. The largest absolute Gasteiger partial charge is 0.497 e. The predicted octanol–water partition coefficient (Wildman–Crippen LogP) is 4.31. The molecule has 0 aliphatic heterocycles. The summed E-state index contributed by atoms with van der Waals surface area (Å²) in [4.78, 5) is 39.4.